The first-order valence-corrected chi connectivity index (χ1v) is 10.2. The molecule has 0 amide bonds. The number of hydrogen-bond acceptors (Lipinski definition) is 7. The Labute approximate surface area is 176 Å². The summed E-state index contributed by atoms with van der Waals surface area (Å²) in [4.78, 5) is 10.7. The number of pyridine rings is 1. The Morgan fingerprint density at radius 1 is 1.17 bits per heavy atom. The van der Waals surface area contributed by atoms with E-state index in [1.165, 1.54) is 5.56 Å². The molecule has 1 aliphatic rings. The Kier molecular flexibility index (Phi) is 5.22. The number of aliphatic hydroxyl groups is 2. The molecule has 1 saturated heterocycles. The van der Waals surface area contributed by atoms with Crippen LogP contribution in [0.2, 0.25) is 0 Å². The predicted octanol–water partition coefficient (Wildman–Crippen LogP) is 2.93. The minimum atomic E-state index is -1.24. The lowest BCUT2D eigenvalue weighted by Gasteiger charge is -2.55. The normalized spacial score (nSPS) is 18.2. The molecular formula is C23H28N4O3. The summed E-state index contributed by atoms with van der Waals surface area (Å²) in [6, 6.07) is 10.0. The van der Waals surface area contributed by atoms with Gasteiger partial charge in [0.1, 0.15) is 12.2 Å². The van der Waals surface area contributed by atoms with Gasteiger partial charge >= 0.3 is 0 Å². The van der Waals surface area contributed by atoms with E-state index in [0.29, 0.717) is 17.0 Å². The minimum absolute atomic E-state index is 0.211. The van der Waals surface area contributed by atoms with Crippen molar-refractivity contribution in [2.24, 2.45) is 5.41 Å². The first-order valence-electron chi connectivity index (χ1n) is 10.2. The number of likely N-dealkylation sites (tertiary alicyclic amines) is 1. The average Bonchev–Trinajstić information content (AvgIpc) is 3.21. The molecule has 4 rings (SSSR count). The van der Waals surface area contributed by atoms with Crippen LogP contribution in [0, 0.1) is 5.41 Å². The van der Waals surface area contributed by atoms with Gasteiger partial charge in [-0.2, -0.15) is 4.98 Å². The van der Waals surface area contributed by atoms with Crippen molar-refractivity contribution in [3.05, 3.63) is 65.2 Å². The highest BCUT2D eigenvalue weighted by atomic mass is 16.5. The second kappa shape index (κ2) is 7.58. The molecule has 0 saturated carbocycles. The Bertz CT molecular complexity index is 1020. The van der Waals surface area contributed by atoms with Crippen molar-refractivity contribution >= 4 is 0 Å². The molecule has 30 heavy (non-hydrogen) atoms. The SMILES string of the molecule is CC(C)c1ccc(C(O)(c2cncc(-c3nc(CO)no3)c2)C2(C)CN(C)C2)cc1. The lowest BCUT2D eigenvalue weighted by atomic mass is 9.62. The summed E-state index contributed by atoms with van der Waals surface area (Å²) in [7, 11) is 2.05. The first kappa shape index (κ1) is 20.7. The fraction of sp³-hybridized carbons (Fsp3) is 0.435. The van der Waals surface area contributed by atoms with Crippen LogP contribution in [-0.2, 0) is 12.2 Å². The number of hydrogen-bond donors (Lipinski definition) is 2. The van der Waals surface area contributed by atoms with Crippen LogP contribution in [0.4, 0.5) is 0 Å². The topological polar surface area (TPSA) is 95.5 Å². The van der Waals surface area contributed by atoms with Crippen molar-refractivity contribution in [1.82, 2.24) is 20.0 Å². The zero-order valence-corrected chi connectivity index (χ0v) is 17.8. The first-order chi connectivity index (χ1) is 14.3. The average molecular weight is 409 g/mol. The Balaban J connectivity index is 1.82. The molecule has 3 aromatic rings. The van der Waals surface area contributed by atoms with Crippen LogP contribution in [0.1, 0.15) is 49.2 Å². The van der Waals surface area contributed by atoms with E-state index >= 15 is 0 Å². The van der Waals surface area contributed by atoms with E-state index in [1.54, 1.807) is 12.4 Å². The summed E-state index contributed by atoms with van der Waals surface area (Å²) in [5.74, 6) is 0.894. The second-order valence-electron chi connectivity index (χ2n) is 8.86. The second-order valence-corrected chi connectivity index (χ2v) is 8.86. The van der Waals surface area contributed by atoms with E-state index in [2.05, 4.69) is 52.9 Å². The molecule has 1 unspecified atom stereocenters. The number of benzene rings is 1. The molecule has 1 atom stereocenters. The molecule has 2 aromatic heterocycles. The van der Waals surface area contributed by atoms with E-state index in [-0.39, 0.29) is 23.7 Å². The highest BCUT2D eigenvalue weighted by Crippen LogP contribution is 2.50. The van der Waals surface area contributed by atoms with Crippen LogP contribution in [0.5, 0.6) is 0 Å². The van der Waals surface area contributed by atoms with Crippen molar-refractivity contribution in [1.29, 1.82) is 0 Å². The summed E-state index contributed by atoms with van der Waals surface area (Å²) < 4.78 is 5.25. The van der Waals surface area contributed by atoms with Crippen molar-refractivity contribution in [2.75, 3.05) is 20.1 Å². The van der Waals surface area contributed by atoms with Gasteiger partial charge in [-0.15, -0.1) is 0 Å². The van der Waals surface area contributed by atoms with Gasteiger partial charge in [-0.05, 0) is 30.2 Å². The molecular weight excluding hydrogens is 380 g/mol. The van der Waals surface area contributed by atoms with Gasteiger partial charge in [0.15, 0.2) is 5.82 Å². The third-order valence-electron chi connectivity index (χ3n) is 6.12. The van der Waals surface area contributed by atoms with Crippen LogP contribution in [0.25, 0.3) is 11.5 Å². The molecule has 7 nitrogen and oxygen atoms in total. The van der Waals surface area contributed by atoms with Gasteiger partial charge < -0.3 is 19.6 Å². The maximum atomic E-state index is 12.2. The lowest BCUT2D eigenvalue weighted by molar-refractivity contribution is -0.127. The molecule has 0 radical (unpaired) electrons. The van der Waals surface area contributed by atoms with Crippen LogP contribution in [0.3, 0.4) is 0 Å². The van der Waals surface area contributed by atoms with Crippen molar-refractivity contribution in [3.63, 3.8) is 0 Å². The fourth-order valence-corrected chi connectivity index (χ4v) is 4.54. The van der Waals surface area contributed by atoms with Crippen molar-refractivity contribution < 1.29 is 14.7 Å². The Morgan fingerprint density at radius 2 is 1.87 bits per heavy atom. The Morgan fingerprint density at radius 3 is 2.43 bits per heavy atom. The summed E-state index contributed by atoms with van der Waals surface area (Å²) in [6.45, 7) is 7.63. The third-order valence-corrected chi connectivity index (χ3v) is 6.12. The van der Waals surface area contributed by atoms with Gasteiger partial charge in [0.05, 0.1) is 5.56 Å². The van der Waals surface area contributed by atoms with Crippen molar-refractivity contribution in [3.8, 4) is 11.5 Å². The van der Waals surface area contributed by atoms with Crippen LogP contribution in [-0.4, -0.2) is 50.4 Å². The molecule has 7 heteroatoms. The lowest BCUT2D eigenvalue weighted by Crippen LogP contribution is -2.63. The van der Waals surface area contributed by atoms with E-state index in [1.807, 2.05) is 25.2 Å². The third kappa shape index (κ3) is 3.33. The van der Waals surface area contributed by atoms with Gasteiger partial charge in [-0.1, -0.05) is 50.2 Å². The number of rotatable bonds is 6. The van der Waals surface area contributed by atoms with E-state index in [9.17, 15) is 10.2 Å². The minimum Gasteiger partial charge on any atom is -0.388 e. The maximum absolute atomic E-state index is 12.2. The van der Waals surface area contributed by atoms with Gasteiger partial charge in [-0.3, -0.25) is 4.98 Å². The van der Waals surface area contributed by atoms with Crippen LogP contribution < -0.4 is 0 Å². The van der Waals surface area contributed by atoms with Gasteiger partial charge in [0, 0.05) is 36.5 Å². The molecule has 1 aliphatic heterocycles. The zero-order chi connectivity index (χ0) is 21.5. The Hall–Kier alpha value is -2.61. The summed E-state index contributed by atoms with van der Waals surface area (Å²) in [5, 5.41) is 25.2. The molecule has 158 valence electrons. The largest absolute Gasteiger partial charge is 0.388 e. The number of aromatic nitrogens is 3. The highest BCUT2D eigenvalue weighted by molar-refractivity contribution is 5.55. The highest BCUT2D eigenvalue weighted by Gasteiger charge is 2.55. The summed E-state index contributed by atoms with van der Waals surface area (Å²) >= 11 is 0. The molecule has 1 fully saturated rings. The summed E-state index contributed by atoms with van der Waals surface area (Å²) in [5.41, 5.74) is 1.73. The molecule has 1 aromatic carbocycles. The number of nitrogens with zero attached hydrogens (tertiary/aromatic N) is 4. The summed E-state index contributed by atoms with van der Waals surface area (Å²) in [6.07, 6.45) is 3.32. The molecule has 2 N–H and O–H groups in total. The van der Waals surface area contributed by atoms with E-state index in [0.717, 1.165) is 18.7 Å². The van der Waals surface area contributed by atoms with Crippen molar-refractivity contribution in [2.45, 2.75) is 38.9 Å². The molecule has 0 aliphatic carbocycles. The fourth-order valence-electron chi connectivity index (χ4n) is 4.54. The van der Waals surface area contributed by atoms with Crippen LogP contribution in [0.15, 0.2) is 47.2 Å². The predicted molar refractivity (Wildman–Crippen MR) is 113 cm³/mol. The molecule has 0 spiro atoms. The molecule has 3 heterocycles. The quantitative estimate of drug-likeness (QED) is 0.647. The van der Waals surface area contributed by atoms with Gasteiger partial charge in [-0.25, -0.2) is 0 Å². The van der Waals surface area contributed by atoms with Gasteiger partial charge in [0.25, 0.3) is 5.89 Å². The van der Waals surface area contributed by atoms with Crippen LogP contribution >= 0.6 is 0 Å². The standard InChI is InChI=1S/C23H28N4O3/c1-15(2)16-5-7-18(8-6-16)23(29,22(3)13-27(4)14-22)19-9-17(10-24-11-19)21-25-20(12-28)26-30-21/h5-11,15,28-29H,12-14H2,1-4H3. The van der Waals surface area contributed by atoms with Gasteiger partial charge in [0.2, 0.25) is 0 Å². The van der Waals surface area contributed by atoms with E-state index in [4.69, 9.17) is 4.52 Å². The smallest absolute Gasteiger partial charge is 0.259 e. The zero-order valence-electron chi connectivity index (χ0n) is 17.8. The maximum Gasteiger partial charge on any atom is 0.259 e. The monoisotopic (exact) mass is 408 g/mol. The molecule has 0 bridgehead atoms. The van der Waals surface area contributed by atoms with E-state index < -0.39 is 5.60 Å². The number of aliphatic hydroxyl groups excluding tert-OH is 1.